The Labute approximate surface area is 126 Å². The highest BCUT2D eigenvalue weighted by molar-refractivity contribution is 5.46. The Hall–Kier alpha value is -1.94. The number of methoxy groups -OCH3 is 1. The SMILES string of the molecule is CCC(C)Oc1c(CNCc2ccco2)cccc1OC. The standard InChI is InChI=1S/C17H23NO3/c1-4-13(2)21-17-14(7-5-9-16(17)19-3)11-18-12-15-8-6-10-20-15/h5-10,13,18H,4,11-12H2,1-3H3. The van der Waals surface area contributed by atoms with Crippen LogP contribution in [0.2, 0.25) is 0 Å². The molecule has 114 valence electrons. The third kappa shape index (κ3) is 4.26. The lowest BCUT2D eigenvalue weighted by molar-refractivity contribution is 0.205. The first kappa shape index (κ1) is 15.4. The molecule has 4 heteroatoms. The fourth-order valence-electron chi connectivity index (χ4n) is 2.01. The molecule has 0 fully saturated rings. The monoisotopic (exact) mass is 289 g/mol. The second-order valence-electron chi connectivity index (χ2n) is 4.97. The smallest absolute Gasteiger partial charge is 0.166 e. The Kier molecular flexibility index (Phi) is 5.69. The van der Waals surface area contributed by atoms with Crippen LogP contribution in [0.4, 0.5) is 0 Å². The van der Waals surface area contributed by atoms with Crippen LogP contribution >= 0.6 is 0 Å². The van der Waals surface area contributed by atoms with E-state index in [4.69, 9.17) is 13.9 Å². The number of nitrogens with one attached hydrogen (secondary N) is 1. The Morgan fingerprint density at radius 3 is 2.71 bits per heavy atom. The summed E-state index contributed by atoms with van der Waals surface area (Å²) in [5, 5.41) is 3.36. The van der Waals surface area contributed by atoms with E-state index in [0.717, 1.165) is 29.2 Å². The summed E-state index contributed by atoms with van der Waals surface area (Å²) >= 11 is 0. The van der Waals surface area contributed by atoms with Gasteiger partial charge in [-0.05, 0) is 31.5 Å². The first-order valence-corrected chi connectivity index (χ1v) is 7.30. The number of ether oxygens (including phenoxy) is 2. The molecule has 0 amide bonds. The molecule has 2 rings (SSSR count). The lowest BCUT2D eigenvalue weighted by Gasteiger charge is -2.19. The molecule has 0 aliphatic heterocycles. The van der Waals surface area contributed by atoms with Gasteiger partial charge in [0.15, 0.2) is 11.5 Å². The third-order valence-electron chi connectivity index (χ3n) is 3.37. The Bertz CT molecular complexity index is 537. The van der Waals surface area contributed by atoms with Gasteiger partial charge in [0.05, 0.1) is 26.0 Å². The van der Waals surface area contributed by atoms with Gasteiger partial charge < -0.3 is 19.2 Å². The molecule has 2 aromatic rings. The van der Waals surface area contributed by atoms with Crippen molar-refractivity contribution in [1.82, 2.24) is 5.32 Å². The van der Waals surface area contributed by atoms with Crippen LogP contribution in [-0.4, -0.2) is 13.2 Å². The molecule has 1 N–H and O–H groups in total. The number of furan rings is 1. The fourth-order valence-corrected chi connectivity index (χ4v) is 2.01. The van der Waals surface area contributed by atoms with E-state index in [2.05, 4.69) is 25.2 Å². The van der Waals surface area contributed by atoms with E-state index in [1.807, 2.05) is 24.3 Å². The molecule has 0 radical (unpaired) electrons. The van der Waals surface area contributed by atoms with E-state index < -0.39 is 0 Å². The molecular formula is C17H23NO3. The molecule has 1 aromatic heterocycles. The average Bonchev–Trinajstić information content (AvgIpc) is 3.01. The van der Waals surface area contributed by atoms with Crippen LogP contribution in [0.5, 0.6) is 11.5 Å². The minimum atomic E-state index is 0.158. The molecule has 0 bridgehead atoms. The molecule has 1 atom stereocenters. The lowest BCUT2D eigenvalue weighted by Crippen LogP contribution is -2.16. The maximum absolute atomic E-state index is 6.02. The van der Waals surface area contributed by atoms with E-state index in [-0.39, 0.29) is 6.10 Å². The summed E-state index contributed by atoms with van der Waals surface area (Å²) in [6.07, 6.45) is 2.79. The summed E-state index contributed by atoms with van der Waals surface area (Å²) in [5.41, 5.74) is 1.08. The van der Waals surface area contributed by atoms with Gasteiger partial charge in [-0.1, -0.05) is 19.1 Å². The van der Waals surface area contributed by atoms with Crippen molar-refractivity contribution in [3.05, 3.63) is 47.9 Å². The zero-order chi connectivity index (χ0) is 15.1. The van der Waals surface area contributed by atoms with Crippen molar-refractivity contribution >= 4 is 0 Å². The number of hydrogen-bond acceptors (Lipinski definition) is 4. The molecule has 21 heavy (non-hydrogen) atoms. The third-order valence-corrected chi connectivity index (χ3v) is 3.37. The number of rotatable bonds is 8. The van der Waals surface area contributed by atoms with Crippen LogP contribution in [0.3, 0.4) is 0 Å². The molecular weight excluding hydrogens is 266 g/mol. The normalized spacial score (nSPS) is 12.1. The van der Waals surface area contributed by atoms with Crippen LogP contribution in [0.1, 0.15) is 31.6 Å². The topological polar surface area (TPSA) is 43.6 Å². The van der Waals surface area contributed by atoms with E-state index in [9.17, 15) is 0 Å². The van der Waals surface area contributed by atoms with Gasteiger partial charge in [0.1, 0.15) is 5.76 Å². The first-order valence-electron chi connectivity index (χ1n) is 7.30. The van der Waals surface area contributed by atoms with Crippen LogP contribution in [0, 0.1) is 0 Å². The summed E-state index contributed by atoms with van der Waals surface area (Å²) in [6.45, 7) is 5.55. The van der Waals surface area contributed by atoms with Crippen LogP contribution in [0.15, 0.2) is 41.0 Å². The van der Waals surface area contributed by atoms with Crippen molar-refractivity contribution in [2.45, 2.75) is 39.5 Å². The molecule has 0 spiro atoms. The van der Waals surface area contributed by atoms with Crippen molar-refractivity contribution in [3.63, 3.8) is 0 Å². The highest BCUT2D eigenvalue weighted by atomic mass is 16.5. The fraction of sp³-hybridized carbons (Fsp3) is 0.412. The highest BCUT2D eigenvalue weighted by Gasteiger charge is 2.13. The van der Waals surface area contributed by atoms with E-state index in [0.29, 0.717) is 13.1 Å². The maximum atomic E-state index is 6.02. The summed E-state index contributed by atoms with van der Waals surface area (Å²) in [4.78, 5) is 0. The van der Waals surface area contributed by atoms with Crippen molar-refractivity contribution in [2.24, 2.45) is 0 Å². The van der Waals surface area contributed by atoms with Crippen molar-refractivity contribution in [1.29, 1.82) is 0 Å². The van der Waals surface area contributed by atoms with Gasteiger partial charge in [-0.2, -0.15) is 0 Å². The minimum absolute atomic E-state index is 0.158. The molecule has 4 nitrogen and oxygen atoms in total. The van der Waals surface area contributed by atoms with Gasteiger partial charge >= 0.3 is 0 Å². The van der Waals surface area contributed by atoms with Crippen LogP contribution in [0.25, 0.3) is 0 Å². The Morgan fingerprint density at radius 1 is 1.19 bits per heavy atom. The number of benzene rings is 1. The quantitative estimate of drug-likeness (QED) is 0.803. The predicted octanol–water partition coefficient (Wildman–Crippen LogP) is 3.76. The second-order valence-corrected chi connectivity index (χ2v) is 4.97. The summed E-state index contributed by atoms with van der Waals surface area (Å²) < 4.78 is 16.7. The van der Waals surface area contributed by atoms with Gasteiger partial charge in [0.25, 0.3) is 0 Å². The zero-order valence-corrected chi connectivity index (χ0v) is 12.9. The van der Waals surface area contributed by atoms with E-state index in [1.165, 1.54) is 0 Å². The van der Waals surface area contributed by atoms with Crippen molar-refractivity contribution in [2.75, 3.05) is 7.11 Å². The predicted molar refractivity (Wildman–Crippen MR) is 82.6 cm³/mol. The molecule has 0 aliphatic rings. The average molecular weight is 289 g/mol. The maximum Gasteiger partial charge on any atom is 0.166 e. The van der Waals surface area contributed by atoms with Crippen LogP contribution < -0.4 is 14.8 Å². The van der Waals surface area contributed by atoms with Crippen molar-refractivity contribution < 1.29 is 13.9 Å². The number of para-hydroxylation sites is 1. The molecule has 0 saturated carbocycles. The molecule has 0 aliphatic carbocycles. The largest absolute Gasteiger partial charge is 0.493 e. The van der Waals surface area contributed by atoms with Crippen molar-refractivity contribution in [3.8, 4) is 11.5 Å². The van der Waals surface area contributed by atoms with Gasteiger partial charge in [0, 0.05) is 12.1 Å². The van der Waals surface area contributed by atoms with E-state index in [1.54, 1.807) is 13.4 Å². The molecule has 0 saturated heterocycles. The van der Waals surface area contributed by atoms with Crippen LogP contribution in [-0.2, 0) is 13.1 Å². The molecule has 1 unspecified atom stereocenters. The van der Waals surface area contributed by atoms with Gasteiger partial charge in [-0.25, -0.2) is 0 Å². The summed E-state index contributed by atoms with van der Waals surface area (Å²) in [7, 11) is 1.67. The molecule has 1 aromatic carbocycles. The first-order chi connectivity index (χ1) is 10.2. The minimum Gasteiger partial charge on any atom is -0.493 e. The zero-order valence-electron chi connectivity index (χ0n) is 12.9. The summed E-state index contributed by atoms with van der Waals surface area (Å²) in [5.74, 6) is 2.51. The highest BCUT2D eigenvalue weighted by Crippen LogP contribution is 2.32. The van der Waals surface area contributed by atoms with Gasteiger partial charge in [-0.15, -0.1) is 0 Å². The number of hydrogen-bond donors (Lipinski definition) is 1. The van der Waals surface area contributed by atoms with Gasteiger partial charge in [0.2, 0.25) is 0 Å². The second kappa shape index (κ2) is 7.74. The Morgan fingerprint density at radius 2 is 2.05 bits per heavy atom. The molecule has 1 heterocycles. The Balaban J connectivity index is 2.06. The lowest BCUT2D eigenvalue weighted by atomic mass is 10.1. The summed E-state index contributed by atoms with van der Waals surface area (Å²) in [6, 6.07) is 9.80. The van der Waals surface area contributed by atoms with Gasteiger partial charge in [-0.3, -0.25) is 0 Å². The van der Waals surface area contributed by atoms with E-state index >= 15 is 0 Å².